The minimum atomic E-state index is -0.135. The molecule has 176 valence electrons. The topological polar surface area (TPSA) is 47.4 Å². The molecule has 0 aliphatic carbocycles. The van der Waals surface area contributed by atoms with Gasteiger partial charge in [0.05, 0.1) is 11.6 Å². The second-order valence-electron chi connectivity index (χ2n) is 9.10. The zero-order valence-electron chi connectivity index (χ0n) is 19.8. The molecule has 0 bridgehead atoms. The Morgan fingerprint density at radius 3 is 2.42 bits per heavy atom. The molecule has 0 amide bonds. The van der Waals surface area contributed by atoms with Crippen molar-refractivity contribution in [1.82, 2.24) is 9.55 Å². The maximum absolute atomic E-state index is 12.0. The second-order valence-corrected chi connectivity index (χ2v) is 10.4. The van der Waals surface area contributed by atoms with Gasteiger partial charge < -0.3 is 14.2 Å². The number of fused-ring (bicyclic) bond motifs is 1. The molecule has 4 rings (SSSR count). The Morgan fingerprint density at radius 1 is 1.12 bits per heavy atom. The third-order valence-electron chi connectivity index (χ3n) is 6.50. The van der Waals surface area contributed by atoms with Crippen LogP contribution in [0.2, 0.25) is 0 Å². The summed E-state index contributed by atoms with van der Waals surface area (Å²) in [7, 11) is 0. The highest BCUT2D eigenvalue weighted by Gasteiger charge is 2.25. The van der Waals surface area contributed by atoms with Gasteiger partial charge in [0.25, 0.3) is 0 Å². The molecular weight excluding hydrogens is 502 g/mol. The Balaban J connectivity index is 1.64. The van der Waals surface area contributed by atoms with Crippen LogP contribution in [0.1, 0.15) is 41.6 Å². The molecule has 3 heterocycles. The van der Waals surface area contributed by atoms with Crippen LogP contribution in [0.25, 0.3) is 16.7 Å². The number of halogens is 2. The van der Waals surface area contributed by atoms with Gasteiger partial charge in [-0.25, -0.2) is 4.98 Å². The van der Waals surface area contributed by atoms with Crippen LogP contribution in [0, 0.1) is 33.6 Å². The van der Waals surface area contributed by atoms with Crippen LogP contribution in [0.15, 0.2) is 28.9 Å². The molecule has 0 unspecified atom stereocenters. The van der Waals surface area contributed by atoms with Crippen molar-refractivity contribution in [1.29, 1.82) is 0 Å². The minimum Gasteiger partial charge on any atom is -0.464 e. The first kappa shape index (κ1) is 24.1. The maximum Gasteiger partial charge on any atom is 0.306 e. The molecular formula is C26H31BrClN3O2. The minimum absolute atomic E-state index is 0.135. The van der Waals surface area contributed by atoms with E-state index in [0.717, 1.165) is 41.7 Å². The van der Waals surface area contributed by atoms with Crippen LogP contribution in [-0.2, 0) is 9.53 Å². The number of hydrogen-bond donors (Lipinski definition) is 0. The molecule has 1 saturated heterocycles. The van der Waals surface area contributed by atoms with Gasteiger partial charge in [0, 0.05) is 46.9 Å². The SMILES string of the molecule is Cc1cc(N2CCC(CC(=O)OCCCl)CC2)c2c(C)cn(-c3c(C)cc(Br)cc3C)c2n1. The Kier molecular flexibility index (Phi) is 7.34. The van der Waals surface area contributed by atoms with Gasteiger partial charge in [-0.2, -0.15) is 0 Å². The number of benzene rings is 1. The highest BCUT2D eigenvalue weighted by Crippen LogP contribution is 2.36. The third-order valence-corrected chi connectivity index (χ3v) is 7.11. The lowest BCUT2D eigenvalue weighted by Crippen LogP contribution is -2.34. The number of anilines is 1. The van der Waals surface area contributed by atoms with Crippen LogP contribution in [0.4, 0.5) is 5.69 Å². The first-order valence-electron chi connectivity index (χ1n) is 11.5. The molecule has 0 radical (unpaired) electrons. The molecule has 1 fully saturated rings. The molecule has 3 aromatic rings. The van der Waals surface area contributed by atoms with E-state index >= 15 is 0 Å². The number of aryl methyl sites for hydroxylation is 4. The van der Waals surface area contributed by atoms with Crippen molar-refractivity contribution in [3.63, 3.8) is 0 Å². The van der Waals surface area contributed by atoms with Gasteiger partial charge in [0.15, 0.2) is 0 Å². The molecule has 5 nitrogen and oxygen atoms in total. The van der Waals surface area contributed by atoms with Crippen molar-refractivity contribution in [2.45, 2.75) is 47.0 Å². The average Bonchev–Trinajstić information content (AvgIpc) is 3.07. The normalized spacial score (nSPS) is 14.8. The van der Waals surface area contributed by atoms with Gasteiger partial charge in [0.1, 0.15) is 12.3 Å². The third kappa shape index (κ3) is 5.07. The summed E-state index contributed by atoms with van der Waals surface area (Å²) >= 11 is 9.24. The van der Waals surface area contributed by atoms with Crippen molar-refractivity contribution in [3.05, 3.63) is 51.3 Å². The number of nitrogens with zero attached hydrogens (tertiary/aromatic N) is 3. The number of pyridine rings is 1. The number of hydrogen-bond acceptors (Lipinski definition) is 4. The summed E-state index contributed by atoms with van der Waals surface area (Å²) in [5, 5.41) is 1.21. The highest BCUT2D eigenvalue weighted by atomic mass is 79.9. The maximum atomic E-state index is 12.0. The molecule has 1 aromatic carbocycles. The summed E-state index contributed by atoms with van der Waals surface area (Å²) < 4.78 is 8.51. The largest absolute Gasteiger partial charge is 0.464 e. The van der Waals surface area contributed by atoms with Gasteiger partial charge in [-0.3, -0.25) is 4.79 Å². The van der Waals surface area contributed by atoms with Gasteiger partial charge in [0.2, 0.25) is 0 Å². The lowest BCUT2D eigenvalue weighted by molar-refractivity contribution is -0.144. The molecule has 0 N–H and O–H groups in total. The number of carbonyl (C=O) groups excluding carboxylic acids is 1. The fraction of sp³-hybridized carbons (Fsp3) is 0.462. The van der Waals surface area contributed by atoms with E-state index < -0.39 is 0 Å². The van der Waals surface area contributed by atoms with Gasteiger partial charge in [-0.1, -0.05) is 15.9 Å². The smallest absolute Gasteiger partial charge is 0.306 e. The number of ether oxygens (including phenoxy) is 1. The summed E-state index contributed by atoms with van der Waals surface area (Å²) in [4.78, 5) is 19.4. The number of aromatic nitrogens is 2. The van der Waals surface area contributed by atoms with Crippen molar-refractivity contribution in [3.8, 4) is 5.69 Å². The average molecular weight is 533 g/mol. The summed E-state index contributed by atoms with van der Waals surface area (Å²) in [5.41, 5.74) is 8.09. The Hall–Kier alpha value is -2.05. The Bertz CT molecular complexity index is 1160. The number of esters is 1. The number of carbonyl (C=O) groups is 1. The number of alkyl halides is 1. The highest BCUT2D eigenvalue weighted by molar-refractivity contribution is 9.10. The van der Waals surface area contributed by atoms with Crippen LogP contribution in [0.3, 0.4) is 0 Å². The summed E-state index contributed by atoms with van der Waals surface area (Å²) in [6, 6.07) is 6.52. The van der Waals surface area contributed by atoms with Crippen molar-refractivity contribution >= 4 is 50.2 Å². The lowest BCUT2D eigenvalue weighted by Gasteiger charge is -2.34. The van der Waals surface area contributed by atoms with E-state index in [0.29, 0.717) is 24.8 Å². The predicted molar refractivity (Wildman–Crippen MR) is 139 cm³/mol. The van der Waals surface area contributed by atoms with Crippen LogP contribution >= 0.6 is 27.5 Å². The Labute approximate surface area is 209 Å². The van der Waals surface area contributed by atoms with E-state index in [-0.39, 0.29) is 5.97 Å². The Morgan fingerprint density at radius 2 is 1.79 bits per heavy atom. The van der Waals surface area contributed by atoms with E-state index in [1.54, 1.807) is 0 Å². The molecule has 0 saturated carbocycles. The molecule has 33 heavy (non-hydrogen) atoms. The molecule has 0 atom stereocenters. The lowest BCUT2D eigenvalue weighted by atomic mass is 9.93. The number of rotatable bonds is 6. The monoisotopic (exact) mass is 531 g/mol. The van der Waals surface area contributed by atoms with Crippen molar-refractivity contribution in [2.24, 2.45) is 5.92 Å². The first-order valence-corrected chi connectivity index (χ1v) is 12.8. The van der Waals surface area contributed by atoms with Gasteiger partial charge in [-0.05, 0) is 81.3 Å². The molecule has 7 heteroatoms. The van der Waals surface area contributed by atoms with Gasteiger partial charge in [-0.15, -0.1) is 11.6 Å². The van der Waals surface area contributed by atoms with Crippen molar-refractivity contribution in [2.75, 3.05) is 30.5 Å². The fourth-order valence-corrected chi connectivity index (χ4v) is 5.80. The van der Waals surface area contributed by atoms with E-state index in [2.05, 4.69) is 77.5 Å². The predicted octanol–water partition coefficient (Wildman–Crippen LogP) is 6.41. The molecule has 1 aliphatic rings. The standard InChI is InChI=1S/C26H31BrClN3O2/c1-16-11-21(27)12-17(2)25(16)31-15-18(3)24-22(13-19(4)29-26(24)31)30-8-5-20(6-9-30)14-23(32)33-10-7-28/h11-13,15,20H,5-10,14H2,1-4H3. The van der Waals surface area contributed by atoms with Crippen LogP contribution in [0.5, 0.6) is 0 Å². The first-order chi connectivity index (χ1) is 15.8. The molecule has 2 aromatic heterocycles. The molecule has 0 spiro atoms. The van der Waals surface area contributed by atoms with E-state index in [1.807, 2.05) is 0 Å². The molecule has 1 aliphatic heterocycles. The zero-order valence-corrected chi connectivity index (χ0v) is 22.1. The number of piperidine rings is 1. The van der Waals surface area contributed by atoms with E-state index in [9.17, 15) is 4.79 Å². The van der Waals surface area contributed by atoms with Gasteiger partial charge >= 0.3 is 5.97 Å². The van der Waals surface area contributed by atoms with E-state index in [4.69, 9.17) is 21.3 Å². The quantitative estimate of drug-likeness (QED) is 0.272. The van der Waals surface area contributed by atoms with E-state index in [1.165, 1.54) is 33.5 Å². The summed E-state index contributed by atoms with van der Waals surface area (Å²) in [6.45, 7) is 10.7. The van der Waals surface area contributed by atoms with Crippen LogP contribution in [-0.4, -0.2) is 41.1 Å². The second kappa shape index (κ2) is 10.1. The zero-order chi connectivity index (χ0) is 23.7. The fourth-order valence-electron chi connectivity index (χ4n) is 5.04. The van der Waals surface area contributed by atoms with Crippen LogP contribution < -0.4 is 4.90 Å². The summed E-state index contributed by atoms with van der Waals surface area (Å²) in [6.07, 6.45) is 4.64. The van der Waals surface area contributed by atoms with Crippen molar-refractivity contribution < 1.29 is 9.53 Å². The summed E-state index contributed by atoms with van der Waals surface area (Å²) in [5.74, 6) is 0.575.